The molecule has 2 fully saturated rings. The first-order valence-electron chi connectivity index (χ1n) is 8.85. The van der Waals surface area contributed by atoms with E-state index in [0.29, 0.717) is 5.92 Å². The Kier molecular flexibility index (Phi) is 3.58. The highest BCUT2D eigenvalue weighted by Gasteiger charge is 2.57. The number of carboxylic acids is 1. The Bertz CT molecular complexity index is 534. The monoisotopic (exact) mass is 302 g/mol. The molecule has 0 spiro atoms. The molecule has 5 atom stereocenters. The van der Waals surface area contributed by atoms with Crippen molar-refractivity contribution in [2.24, 2.45) is 28.1 Å². The summed E-state index contributed by atoms with van der Waals surface area (Å²) in [7, 11) is 0. The van der Waals surface area contributed by atoms with Crippen molar-refractivity contribution >= 4 is 5.97 Å². The molecule has 3 aliphatic rings. The molecule has 2 nitrogen and oxygen atoms in total. The van der Waals surface area contributed by atoms with Crippen LogP contribution in [0.1, 0.15) is 65.7 Å². The zero-order chi connectivity index (χ0) is 16.2. The van der Waals surface area contributed by atoms with E-state index in [0.717, 1.165) is 25.7 Å². The summed E-state index contributed by atoms with van der Waals surface area (Å²) in [5, 5.41) is 9.86. The number of rotatable bonds is 2. The summed E-state index contributed by atoms with van der Waals surface area (Å²) in [5.41, 5.74) is 1.16. The van der Waals surface area contributed by atoms with E-state index in [1.807, 2.05) is 6.92 Å². The van der Waals surface area contributed by atoms with E-state index in [1.54, 1.807) is 5.57 Å². The van der Waals surface area contributed by atoms with E-state index in [2.05, 4.69) is 32.6 Å². The normalized spacial score (nSPS) is 47.9. The molecule has 0 heterocycles. The fraction of sp³-hybridized carbons (Fsp3) is 0.750. The van der Waals surface area contributed by atoms with Crippen LogP contribution in [0.5, 0.6) is 0 Å². The van der Waals surface area contributed by atoms with Gasteiger partial charge in [-0.2, -0.15) is 0 Å². The second-order valence-corrected chi connectivity index (χ2v) is 8.67. The van der Waals surface area contributed by atoms with Gasteiger partial charge in [-0.25, -0.2) is 0 Å². The van der Waals surface area contributed by atoms with Gasteiger partial charge >= 0.3 is 5.97 Å². The lowest BCUT2D eigenvalue weighted by Gasteiger charge is -2.57. The van der Waals surface area contributed by atoms with Crippen molar-refractivity contribution < 1.29 is 9.90 Å². The van der Waals surface area contributed by atoms with Crippen LogP contribution in [-0.2, 0) is 4.79 Å². The Morgan fingerprint density at radius 1 is 1.23 bits per heavy atom. The number of aliphatic carboxylic acids is 1. The Balaban J connectivity index is 2.07. The van der Waals surface area contributed by atoms with Gasteiger partial charge < -0.3 is 5.11 Å². The Morgan fingerprint density at radius 3 is 2.59 bits per heavy atom. The Morgan fingerprint density at radius 2 is 1.95 bits per heavy atom. The third kappa shape index (κ3) is 2.10. The van der Waals surface area contributed by atoms with Gasteiger partial charge in [-0.05, 0) is 62.7 Å². The van der Waals surface area contributed by atoms with E-state index < -0.39 is 11.4 Å². The van der Waals surface area contributed by atoms with Crippen LogP contribution in [0.4, 0.5) is 0 Å². The van der Waals surface area contributed by atoms with Gasteiger partial charge in [0, 0.05) is 5.41 Å². The minimum Gasteiger partial charge on any atom is -0.481 e. The largest absolute Gasteiger partial charge is 0.481 e. The van der Waals surface area contributed by atoms with Gasteiger partial charge in [0.25, 0.3) is 0 Å². The number of carboxylic acid groups (broad SMARTS) is 1. The third-order valence-electron chi connectivity index (χ3n) is 7.31. The molecular weight excluding hydrogens is 272 g/mol. The molecule has 22 heavy (non-hydrogen) atoms. The van der Waals surface area contributed by atoms with E-state index in [9.17, 15) is 9.90 Å². The molecule has 0 aromatic rings. The topological polar surface area (TPSA) is 37.3 Å². The van der Waals surface area contributed by atoms with Crippen LogP contribution >= 0.6 is 0 Å². The van der Waals surface area contributed by atoms with Crippen molar-refractivity contribution in [3.8, 4) is 0 Å². The Labute approximate surface area is 134 Å². The molecule has 5 unspecified atom stereocenters. The molecule has 0 aromatic heterocycles. The average molecular weight is 302 g/mol. The molecule has 2 saturated carbocycles. The third-order valence-corrected chi connectivity index (χ3v) is 7.31. The molecule has 0 amide bonds. The van der Waals surface area contributed by atoms with Gasteiger partial charge in [-0.1, -0.05) is 38.0 Å². The molecule has 0 bridgehead atoms. The highest BCUT2D eigenvalue weighted by molar-refractivity contribution is 5.75. The van der Waals surface area contributed by atoms with Gasteiger partial charge in [0.15, 0.2) is 0 Å². The van der Waals surface area contributed by atoms with Crippen molar-refractivity contribution in [2.75, 3.05) is 0 Å². The van der Waals surface area contributed by atoms with Crippen molar-refractivity contribution in [3.05, 3.63) is 24.3 Å². The van der Waals surface area contributed by atoms with Crippen LogP contribution in [0, 0.1) is 28.1 Å². The lowest BCUT2D eigenvalue weighted by molar-refractivity contribution is -0.160. The predicted molar refractivity (Wildman–Crippen MR) is 89.5 cm³/mol. The second kappa shape index (κ2) is 4.97. The van der Waals surface area contributed by atoms with E-state index in [4.69, 9.17) is 0 Å². The molecule has 0 aliphatic heterocycles. The van der Waals surface area contributed by atoms with E-state index in [1.165, 1.54) is 19.3 Å². The summed E-state index contributed by atoms with van der Waals surface area (Å²) in [6.07, 6.45) is 12.2. The smallest absolute Gasteiger partial charge is 0.309 e. The highest BCUT2D eigenvalue weighted by atomic mass is 16.4. The number of hydrogen-bond acceptors (Lipinski definition) is 1. The number of allylic oxidation sites excluding steroid dienone is 3. The van der Waals surface area contributed by atoms with Crippen LogP contribution in [0.3, 0.4) is 0 Å². The molecule has 1 N–H and O–H groups in total. The minimum absolute atomic E-state index is 0.0684. The molecule has 0 aromatic carbocycles. The van der Waals surface area contributed by atoms with Gasteiger partial charge in [0.05, 0.1) is 5.41 Å². The number of carbonyl (C=O) groups is 1. The molecule has 0 radical (unpaired) electrons. The van der Waals surface area contributed by atoms with Crippen molar-refractivity contribution in [3.63, 3.8) is 0 Å². The maximum Gasteiger partial charge on any atom is 0.309 e. The summed E-state index contributed by atoms with van der Waals surface area (Å²) in [6, 6.07) is 0. The number of fused-ring (bicyclic) bond motifs is 3. The maximum atomic E-state index is 12.0. The first-order valence-corrected chi connectivity index (χ1v) is 8.85. The van der Waals surface area contributed by atoms with Crippen molar-refractivity contribution in [1.82, 2.24) is 0 Å². The number of hydrogen-bond donors (Lipinski definition) is 1. The first-order chi connectivity index (χ1) is 10.3. The standard InChI is InChI=1S/C20H30O2/c1-5-18(2)12-9-14-7-8-16-19(3,15(14)13-18)10-6-11-20(16,4)17(21)22/h5,13-14,16H,1,6-12H2,2-4H3,(H,21,22). The predicted octanol–water partition coefficient (Wildman–Crippen LogP) is 5.21. The summed E-state index contributed by atoms with van der Waals surface area (Å²) in [6.45, 7) is 10.7. The highest BCUT2D eigenvalue weighted by Crippen LogP contribution is 2.63. The minimum atomic E-state index is -0.593. The van der Waals surface area contributed by atoms with Crippen LogP contribution < -0.4 is 0 Å². The Hall–Kier alpha value is -1.05. The molecular formula is C20H30O2. The summed E-state index contributed by atoms with van der Waals surface area (Å²) in [4.78, 5) is 12.0. The van der Waals surface area contributed by atoms with Crippen molar-refractivity contribution in [1.29, 1.82) is 0 Å². The SMILES string of the molecule is C=CC1(C)C=C2C(CCC3C(C)(C(=O)O)CCCC23C)CC1. The van der Waals surface area contributed by atoms with Crippen LogP contribution in [-0.4, -0.2) is 11.1 Å². The lowest BCUT2D eigenvalue weighted by Crippen LogP contribution is -2.52. The molecule has 2 heteroatoms. The molecule has 3 aliphatic carbocycles. The zero-order valence-corrected chi connectivity index (χ0v) is 14.3. The van der Waals surface area contributed by atoms with Crippen LogP contribution in [0.15, 0.2) is 24.3 Å². The van der Waals surface area contributed by atoms with E-state index in [-0.39, 0.29) is 16.7 Å². The zero-order valence-electron chi connectivity index (χ0n) is 14.3. The fourth-order valence-electron chi connectivity index (χ4n) is 5.76. The average Bonchev–Trinajstić information content (AvgIpc) is 2.47. The van der Waals surface area contributed by atoms with Crippen LogP contribution in [0.2, 0.25) is 0 Å². The van der Waals surface area contributed by atoms with Crippen LogP contribution in [0.25, 0.3) is 0 Å². The van der Waals surface area contributed by atoms with Gasteiger partial charge in [0.2, 0.25) is 0 Å². The quantitative estimate of drug-likeness (QED) is 0.711. The van der Waals surface area contributed by atoms with Crippen molar-refractivity contribution in [2.45, 2.75) is 65.7 Å². The summed E-state index contributed by atoms with van der Waals surface area (Å²) >= 11 is 0. The lowest BCUT2D eigenvalue weighted by atomic mass is 9.46. The first kappa shape index (κ1) is 15.8. The van der Waals surface area contributed by atoms with E-state index >= 15 is 0 Å². The molecule has 122 valence electrons. The molecule has 0 saturated heterocycles. The summed E-state index contributed by atoms with van der Waals surface area (Å²) in [5.74, 6) is 0.358. The van der Waals surface area contributed by atoms with Gasteiger partial charge in [-0.15, -0.1) is 6.58 Å². The van der Waals surface area contributed by atoms with Gasteiger partial charge in [0.1, 0.15) is 0 Å². The molecule has 3 rings (SSSR count). The maximum absolute atomic E-state index is 12.0. The van der Waals surface area contributed by atoms with Gasteiger partial charge in [-0.3, -0.25) is 4.79 Å². The summed E-state index contributed by atoms with van der Waals surface area (Å²) < 4.78 is 0. The fourth-order valence-corrected chi connectivity index (χ4v) is 5.76. The second-order valence-electron chi connectivity index (χ2n) is 8.67.